The highest BCUT2D eigenvalue weighted by Crippen LogP contribution is 2.40. The summed E-state index contributed by atoms with van der Waals surface area (Å²) in [4.78, 5) is 0. The monoisotopic (exact) mass is 374 g/mol. The second kappa shape index (κ2) is 8.95. The van der Waals surface area contributed by atoms with Crippen molar-refractivity contribution in [3.05, 3.63) is 58.9 Å². The van der Waals surface area contributed by atoms with E-state index in [4.69, 9.17) is 0 Å². The van der Waals surface area contributed by atoms with Crippen LogP contribution in [0.15, 0.2) is 30.4 Å². The van der Waals surface area contributed by atoms with Crippen molar-refractivity contribution in [3.63, 3.8) is 0 Å². The molecule has 0 saturated heterocycles. The van der Waals surface area contributed by atoms with E-state index in [-0.39, 0.29) is 11.3 Å². The molecule has 27 heavy (non-hydrogen) atoms. The first-order valence-electron chi connectivity index (χ1n) is 10.3. The SMILES string of the molecule is CCC/C=C/C1CCC(c2cc3ccc(CCC)c(F)c3c(F)c2F)CC1. The van der Waals surface area contributed by atoms with Gasteiger partial charge in [0.05, 0.1) is 5.39 Å². The summed E-state index contributed by atoms with van der Waals surface area (Å²) in [5.74, 6) is -1.95. The fourth-order valence-corrected chi connectivity index (χ4v) is 4.28. The Bertz CT molecular complexity index is 814. The van der Waals surface area contributed by atoms with Crippen LogP contribution in [-0.4, -0.2) is 0 Å². The predicted molar refractivity (Wildman–Crippen MR) is 107 cm³/mol. The summed E-state index contributed by atoms with van der Waals surface area (Å²) in [5, 5.41) is 0.268. The number of aryl methyl sites for hydroxylation is 1. The molecule has 0 aliphatic heterocycles. The lowest BCUT2D eigenvalue weighted by Crippen LogP contribution is -2.14. The van der Waals surface area contributed by atoms with Gasteiger partial charge in [-0.05, 0) is 72.9 Å². The van der Waals surface area contributed by atoms with Crippen LogP contribution in [0.5, 0.6) is 0 Å². The summed E-state index contributed by atoms with van der Waals surface area (Å²) in [7, 11) is 0. The Balaban J connectivity index is 1.86. The quantitative estimate of drug-likeness (QED) is 0.452. The first-order valence-corrected chi connectivity index (χ1v) is 10.3. The van der Waals surface area contributed by atoms with Crippen molar-refractivity contribution in [2.45, 2.75) is 71.1 Å². The molecule has 0 amide bonds. The largest absolute Gasteiger partial charge is 0.206 e. The third-order valence-electron chi connectivity index (χ3n) is 5.83. The number of benzene rings is 2. The first-order chi connectivity index (χ1) is 13.1. The van der Waals surface area contributed by atoms with Crippen molar-refractivity contribution < 1.29 is 13.2 Å². The van der Waals surface area contributed by atoms with Gasteiger partial charge in [0.25, 0.3) is 0 Å². The van der Waals surface area contributed by atoms with Crippen molar-refractivity contribution in [1.82, 2.24) is 0 Å². The van der Waals surface area contributed by atoms with E-state index in [1.54, 1.807) is 18.2 Å². The van der Waals surface area contributed by atoms with E-state index in [2.05, 4.69) is 19.1 Å². The topological polar surface area (TPSA) is 0 Å². The molecule has 0 spiro atoms. The van der Waals surface area contributed by atoms with Gasteiger partial charge in [0.2, 0.25) is 0 Å². The maximum Gasteiger partial charge on any atom is 0.169 e. The maximum atomic E-state index is 14.8. The van der Waals surface area contributed by atoms with Crippen LogP contribution in [0, 0.1) is 23.4 Å². The second-order valence-corrected chi connectivity index (χ2v) is 7.81. The van der Waals surface area contributed by atoms with Gasteiger partial charge in [-0.2, -0.15) is 0 Å². The zero-order chi connectivity index (χ0) is 19.4. The Morgan fingerprint density at radius 1 is 0.926 bits per heavy atom. The zero-order valence-corrected chi connectivity index (χ0v) is 16.3. The van der Waals surface area contributed by atoms with E-state index >= 15 is 0 Å². The lowest BCUT2D eigenvalue weighted by atomic mass is 9.78. The molecule has 0 radical (unpaired) electrons. The van der Waals surface area contributed by atoms with Gasteiger partial charge in [0.1, 0.15) is 5.82 Å². The average Bonchev–Trinajstić information content (AvgIpc) is 2.67. The molecule has 1 fully saturated rings. The molecule has 0 atom stereocenters. The number of rotatable bonds is 6. The smallest absolute Gasteiger partial charge is 0.169 e. The van der Waals surface area contributed by atoms with E-state index in [9.17, 15) is 13.2 Å². The predicted octanol–water partition coefficient (Wildman–Crippen LogP) is 7.84. The molecular weight excluding hydrogens is 345 g/mol. The standard InChI is InChI=1S/C24H29F3/c1-3-5-6-8-16-9-11-17(12-10-16)20-15-19-14-13-18(7-4-2)22(25)21(19)24(27)23(20)26/h6,8,13-17H,3-5,7,9-12H2,1-2H3/b8-6+. The number of allylic oxidation sites excluding steroid dienone is 2. The Labute approximate surface area is 160 Å². The van der Waals surface area contributed by atoms with Crippen molar-refractivity contribution in [2.75, 3.05) is 0 Å². The Morgan fingerprint density at radius 2 is 1.67 bits per heavy atom. The molecule has 3 rings (SSSR count). The summed E-state index contributed by atoms with van der Waals surface area (Å²) in [6.07, 6.45) is 11.7. The molecule has 1 saturated carbocycles. The molecule has 146 valence electrons. The van der Waals surface area contributed by atoms with E-state index in [1.165, 1.54) is 0 Å². The Morgan fingerprint density at radius 3 is 2.33 bits per heavy atom. The van der Waals surface area contributed by atoms with Gasteiger partial charge in [-0.3, -0.25) is 0 Å². The minimum absolute atomic E-state index is 0.0121. The molecule has 1 aliphatic rings. The van der Waals surface area contributed by atoms with Crippen LogP contribution in [0.25, 0.3) is 10.8 Å². The third kappa shape index (κ3) is 4.23. The molecule has 2 aromatic rings. The highest BCUT2D eigenvalue weighted by molar-refractivity contribution is 5.85. The number of halogens is 3. The summed E-state index contributed by atoms with van der Waals surface area (Å²) >= 11 is 0. The molecule has 1 aliphatic carbocycles. The summed E-state index contributed by atoms with van der Waals surface area (Å²) in [5.41, 5.74) is 0.869. The number of fused-ring (bicyclic) bond motifs is 1. The Kier molecular flexibility index (Phi) is 6.62. The van der Waals surface area contributed by atoms with Crippen molar-refractivity contribution in [1.29, 1.82) is 0 Å². The molecule has 2 aromatic carbocycles. The minimum Gasteiger partial charge on any atom is -0.206 e. The molecule has 0 aromatic heterocycles. The lowest BCUT2D eigenvalue weighted by Gasteiger charge is -2.28. The molecule has 3 heteroatoms. The first kappa shape index (κ1) is 20.0. The van der Waals surface area contributed by atoms with Crippen LogP contribution in [-0.2, 0) is 6.42 Å². The molecule has 0 heterocycles. The highest BCUT2D eigenvalue weighted by atomic mass is 19.2. The van der Waals surface area contributed by atoms with Crippen LogP contribution in [0.3, 0.4) is 0 Å². The summed E-state index contributed by atoms with van der Waals surface area (Å²) in [6, 6.07) is 5.11. The number of unbranched alkanes of at least 4 members (excludes halogenated alkanes) is 1. The normalized spacial score (nSPS) is 20.6. The molecule has 0 unspecified atom stereocenters. The van der Waals surface area contributed by atoms with E-state index in [0.717, 1.165) is 44.9 Å². The van der Waals surface area contributed by atoms with Gasteiger partial charge in [0.15, 0.2) is 11.6 Å². The van der Waals surface area contributed by atoms with Crippen LogP contribution in [0.1, 0.15) is 75.8 Å². The summed E-state index contributed by atoms with van der Waals surface area (Å²) < 4.78 is 44.2. The van der Waals surface area contributed by atoms with Crippen molar-refractivity contribution >= 4 is 10.8 Å². The van der Waals surface area contributed by atoms with E-state index in [0.29, 0.717) is 28.9 Å². The molecular formula is C24H29F3. The Hall–Kier alpha value is -1.77. The van der Waals surface area contributed by atoms with Crippen LogP contribution in [0.4, 0.5) is 13.2 Å². The number of hydrogen-bond donors (Lipinski definition) is 0. The van der Waals surface area contributed by atoms with Gasteiger partial charge in [-0.1, -0.05) is 51.0 Å². The van der Waals surface area contributed by atoms with Gasteiger partial charge in [-0.25, -0.2) is 13.2 Å². The summed E-state index contributed by atoms with van der Waals surface area (Å²) in [6.45, 7) is 4.10. The fraction of sp³-hybridized carbons (Fsp3) is 0.500. The maximum absolute atomic E-state index is 14.8. The average molecular weight is 374 g/mol. The second-order valence-electron chi connectivity index (χ2n) is 7.81. The van der Waals surface area contributed by atoms with Crippen LogP contribution >= 0.6 is 0 Å². The number of hydrogen-bond acceptors (Lipinski definition) is 0. The van der Waals surface area contributed by atoms with Crippen molar-refractivity contribution in [2.24, 2.45) is 5.92 Å². The molecule has 0 bridgehead atoms. The van der Waals surface area contributed by atoms with Crippen LogP contribution < -0.4 is 0 Å². The highest BCUT2D eigenvalue weighted by Gasteiger charge is 2.26. The minimum atomic E-state index is -1.03. The lowest BCUT2D eigenvalue weighted by molar-refractivity contribution is 0.364. The van der Waals surface area contributed by atoms with Gasteiger partial charge in [-0.15, -0.1) is 0 Å². The molecule has 0 N–H and O–H groups in total. The van der Waals surface area contributed by atoms with Gasteiger partial charge in [0, 0.05) is 0 Å². The van der Waals surface area contributed by atoms with E-state index in [1.807, 2.05) is 6.92 Å². The van der Waals surface area contributed by atoms with Gasteiger partial charge >= 0.3 is 0 Å². The van der Waals surface area contributed by atoms with Crippen molar-refractivity contribution in [3.8, 4) is 0 Å². The van der Waals surface area contributed by atoms with E-state index < -0.39 is 17.5 Å². The zero-order valence-electron chi connectivity index (χ0n) is 16.3. The van der Waals surface area contributed by atoms with Crippen LogP contribution in [0.2, 0.25) is 0 Å². The molecule has 0 nitrogen and oxygen atoms in total. The third-order valence-corrected chi connectivity index (χ3v) is 5.83. The fourth-order valence-electron chi connectivity index (χ4n) is 4.28. The van der Waals surface area contributed by atoms with Gasteiger partial charge < -0.3 is 0 Å².